The lowest BCUT2D eigenvalue weighted by Crippen LogP contribution is -2.14. The van der Waals surface area contributed by atoms with Gasteiger partial charge >= 0.3 is 0 Å². The van der Waals surface area contributed by atoms with Crippen LogP contribution in [-0.4, -0.2) is 25.3 Å². The lowest BCUT2D eigenvalue weighted by molar-refractivity contribution is 0.102. The van der Waals surface area contributed by atoms with Crippen molar-refractivity contribution in [2.75, 3.05) is 5.32 Å². The van der Waals surface area contributed by atoms with Crippen molar-refractivity contribution < 1.29 is 4.79 Å². The molecule has 24 heavy (non-hydrogen) atoms. The molecule has 0 fully saturated rings. The summed E-state index contributed by atoms with van der Waals surface area (Å²) >= 11 is 0. The fraction of sp³-hybridized carbons (Fsp3) is 0.111. The molecule has 0 aliphatic heterocycles. The largest absolute Gasteiger partial charge is 0.305 e. The van der Waals surface area contributed by atoms with Crippen LogP contribution in [0.1, 0.15) is 21.7 Å². The van der Waals surface area contributed by atoms with Gasteiger partial charge in [0, 0.05) is 29.2 Å². The van der Waals surface area contributed by atoms with Crippen LogP contribution in [0, 0.1) is 13.8 Å². The summed E-state index contributed by atoms with van der Waals surface area (Å²) in [6.07, 6.45) is 3.54. The average Bonchev–Trinajstić information content (AvgIpc) is 2.99. The van der Waals surface area contributed by atoms with Gasteiger partial charge in [-0.1, -0.05) is 18.2 Å². The van der Waals surface area contributed by atoms with Gasteiger partial charge in [0.25, 0.3) is 5.91 Å². The monoisotopic (exact) mass is 317 g/mol. The number of carbonyl (C=O) groups excluding carboxylic acids is 1. The van der Waals surface area contributed by atoms with Crippen LogP contribution in [0.25, 0.3) is 16.6 Å². The Bertz CT molecular complexity index is 1080. The zero-order valence-electron chi connectivity index (χ0n) is 13.3. The number of rotatable bonds is 2. The van der Waals surface area contributed by atoms with Crippen LogP contribution in [0.5, 0.6) is 0 Å². The third kappa shape index (κ3) is 2.38. The smallest absolute Gasteiger partial charge is 0.261 e. The molecule has 0 aliphatic carbocycles. The first-order valence-corrected chi connectivity index (χ1v) is 7.60. The number of nitrogens with one attached hydrogen (secondary N) is 1. The molecule has 4 rings (SSSR count). The molecule has 1 amide bonds. The Hall–Kier alpha value is -3.28. The maximum absolute atomic E-state index is 12.6. The van der Waals surface area contributed by atoms with E-state index in [0.29, 0.717) is 11.2 Å². The summed E-state index contributed by atoms with van der Waals surface area (Å²) in [5.41, 5.74) is 3.81. The van der Waals surface area contributed by atoms with Crippen LogP contribution in [-0.2, 0) is 0 Å². The second-order valence-electron chi connectivity index (χ2n) is 5.67. The highest BCUT2D eigenvalue weighted by Gasteiger charge is 2.15. The standard InChI is InChI=1S/C18H15N5O/c1-11-9-12(2)23-8-7-14(16(23)20-11)17(24)22-18-19-10-13-5-3-4-6-15(13)21-18/h3-10H,1-2H3,(H,19,21,22,24). The average molecular weight is 317 g/mol. The molecule has 3 heterocycles. The third-order valence-electron chi connectivity index (χ3n) is 3.90. The first-order valence-electron chi connectivity index (χ1n) is 7.60. The fourth-order valence-corrected chi connectivity index (χ4v) is 2.77. The summed E-state index contributed by atoms with van der Waals surface area (Å²) in [7, 11) is 0. The van der Waals surface area contributed by atoms with E-state index >= 15 is 0 Å². The van der Waals surface area contributed by atoms with Crippen LogP contribution in [0.15, 0.2) is 48.8 Å². The minimum atomic E-state index is -0.273. The zero-order valence-corrected chi connectivity index (χ0v) is 13.3. The number of amides is 1. The molecular formula is C18H15N5O. The molecule has 0 saturated carbocycles. The van der Waals surface area contributed by atoms with Crippen molar-refractivity contribution in [3.63, 3.8) is 0 Å². The normalized spacial score (nSPS) is 11.1. The number of hydrogen-bond acceptors (Lipinski definition) is 4. The molecule has 0 radical (unpaired) electrons. The Kier molecular flexibility index (Phi) is 3.23. The molecule has 0 spiro atoms. The van der Waals surface area contributed by atoms with Crippen LogP contribution >= 0.6 is 0 Å². The molecule has 1 aromatic carbocycles. The first-order chi connectivity index (χ1) is 11.6. The van der Waals surface area contributed by atoms with E-state index in [9.17, 15) is 4.79 Å². The van der Waals surface area contributed by atoms with Gasteiger partial charge in [-0.15, -0.1) is 0 Å². The minimum absolute atomic E-state index is 0.273. The van der Waals surface area contributed by atoms with Crippen molar-refractivity contribution in [1.82, 2.24) is 19.4 Å². The molecule has 0 atom stereocenters. The number of anilines is 1. The highest BCUT2D eigenvalue weighted by atomic mass is 16.1. The molecule has 6 heteroatoms. The summed E-state index contributed by atoms with van der Waals surface area (Å²) in [4.78, 5) is 25.6. The maximum Gasteiger partial charge on any atom is 0.261 e. The predicted molar refractivity (Wildman–Crippen MR) is 92.2 cm³/mol. The minimum Gasteiger partial charge on any atom is -0.305 e. The first kappa shape index (κ1) is 14.3. The second-order valence-corrected chi connectivity index (χ2v) is 5.67. The van der Waals surface area contributed by atoms with Gasteiger partial charge in [-0.3, -0.25) is 10.1 Å². The number of fused-ring (bicyclic) bond motifs is 2. The van der Waals surface area contributed by atoms with E-state index in [0.717, 1.165) is 22.3 Å². The topological polar surface area (TPSA) is 72.2 Å². The van der Waals surface area contributed by atoms with Crippen molar-refractivity contribution in [3.05, 3.63) is 65.7 Å². The zero-order chi connectivity index (χ0) is 16.7. The summed E-state index contributed by atoms with van der Waals surface area (Å²) in [5.74, 6) is 0.00714. The van der Waals surface area contributed by atoms with Gasteiger partial charge in [-0.25, -0.2) is 15.0 Å². The summed E-state index contributed by atoms with van der Waals surface area (Å²) in [6, 6.07) is 11.4. The quantitative estimate of drug-likeness (QED) is 0.616. The van der Waals surface area contributed by atoms with Gasteiger partial charge in [0.2, 0.25) is 5.95 Å². The van der Waals surface area contributed by atoms with Gasteiger partial charge in [-0.05, 0) is 32.0 Å². The van der Waals surface area contributed by atoms with E-state index in [-0.39, 0.29) is 11.9 Å². The lowest BCUT2D eigenvalue weighted by atomic mass is 10.2. The van der Waals surface area contributed by atoms with Crippen LogP contribution in [0.2, 0.25) is 0 Å². The molecule has 0 bridgehead atoms. The van der Waals surface area contributed by atoms with E-state index in [1.54, 1.807) is 12.3 Å². The molecule has 3 aromatic heterocycles. The number of para-hydroxylation sites is 1. The van der Waals surface area contributed by atoms with Gasteiger partial charge in [0.15, 0.2) is 0 Å². The predicted octanol–water partition coefficient (Wildman–Crippen LogP) is 3.15. The van der Waals surface area contributed by atoms with E-state index in [1.165, 1.54) is 0 Å². The van der Waals surface area contributed by atoms with Gasteiger partial charge in [-0.2, -0.15) is 0 Å². The summed E-state index contributed by atoms with van der Waals surface area (Å²) in [5, 5.41) is 3.68. The summed E-state index contributed by atoms with van der Waals surface area (Å²) in [6.45, 7) is 3.89. The highest BCUT2D eigenvalue weighted by molar-refractivity contribution is 6.08. The Morgan fingerprint density at radius 3 is 2.83 bits per heavy atom. The van der Waals surface area contributed by atoms with Gasteiger partial charge < -0.3 is 4.40 Å². The number of nitrogens with zero attached hydrogens (tertiary/aromatic N) is 4. The van der Waals surface area contributed by atoms with Crippen molar-refractivity contribution in [3.8, 4) is 0 Å². The number of hydrogen-bond donors (Lipinski definition) is 1. The SMILES string of the molecule is Cc1cc(C)n2ccc(C(=O)Nc3ncc4ccccc4n3)c2n1. The summed E-state index contributed by atoms with van der Waals surface area (Å²) < 4.78 is 1.89. The molecule has 4 aromatic rings. The number of carbonyl (C=O) groups is 1. The number of aryl methyl sites for hydroxylation is 2. The number of benzene rings is 1. The molecule has 1 N–H and O–H groups in total. The molecule has 6 nitrogen and oxygen atoms in total. The van der Waals surface area contributed by atoms with E-state index in [2.05, 4.69) is 20.3 Å². The lowest BCUT2D eigenvalue weighted by Gasteiger charge is -2.05. The van der Waals surface area contributed by atoms with Gasteiger partial charge in [0.05, 0.1) is 11.1 Å². The molecule has 0 aliphatic rings. The van der Waals surface area contributed by atoms with E-state index < -0.39 is 0 Å². The highest BCUT2D eigenvalue weighted by Crippen LogP contribution is 2.16. The Balaban J connectivity index is 1.71. The number of aromatic nitrogens is 4. The Labute approximate surface area is 138 Å². The second kappa shape index (κ2) is 5.42. The van der Waals surface area contributed by atoms with Crippen molar-refractivity contribution in [1.29, 1.82) is 0 Å². The van der Waals surface area contributed by atoms with Crippen LogP contribution < -0.4 is 5.32 Å². The maximum atomic E-state index is 12.6. The van der Waals surface area contributed by atoms with Crippen molar-refractivity contribution in [2.24, 2.45) is 0 Å². The fourth-order valence-electron chi connectivity index (χ4n) is 2.77. The third-order valence-corrected chi connectivity index (χ3v) is 3.90. The van der Waals surface area contributed by atoms with Crippen molar-refractivity contribution in [2.45, 2.75) is 13.8 Å². The Morgan fingerprint density at radius 1 is 1.12 bits per heavy atom. The molecule has 118 valence electrons. The molecular weight excluding hydrogens is 302 g/mol. The van der Waals surface area contributed by atoms with Crippen molar-refractivity contribution >= 4 is 28.4 Å². The van der Waals surface area contributed by atoms with Crippen LogP contribution in [0.4, 0.5) is 5.95 Å². The Morgan fingerprint density at radius 2 is 1.96 bits per heavy atom. The van der Waals surface area contributed by atoms with Gasteiger partial charge in [0.1, 0.15) is 5.65 Å². The van der Waals surface area contributed by atoms with E-state index in [1.807, 2.05) is 54.8 Å². The van der Waals surface area contributed by atoms with Crippen LogP contribution in [0.3, 0.4) is 0 Å². The molecule has 0 unspecified atom stereocenters. The molecule has 0 saturated heterocycles. The van der Waals surface area contributed by atoms with E-state index in [4.69, 9.17) is 0 Å².